The maximum absolute atomic E-state index is 11.9. The molecule has 0 fully saturated rings. The maximum atomic E-state index is 11.9. The predicted molar refractivity (Wildman–Crippen MR) is 73.1 cm³/mol. The van der Waals surface area contributed by atoms with E-state index in [2.05, 4.69) is 10.3 Å². The fourth-order valence-electron chi connectivity index (χ4n) is 1.43. The summed E-state index contributed by atoms with van der Waals surface area (Å²) in [5.41, 5.74) is -0.268. The van der Waals surface area contributed by atoms with E-state index in [9.17, 15) is 14.7 Å². The summed E-state index contributed by atoms with van der Waals surface area (Å²) in [7, 11) is 0. The van der Waals surface area contributed by atoms with Gasteiger partial charge in [0.05, 0.1) is 21.3 Å². The summed E-state index contributed by atoms with van der Waals surface area (Å²) in [6.07, 6.45) is 1.12. The summed E-state index contributed by atoms with van der Waals surface area (Å²) in [6, 6.07) is 5.68. The molecule has 2 aromatic rings. The van der Waals surface area contributed by atoms with Gasteiger partial charge < -0.3 is 15.4 Å². The summed E-state index contributed by atoms with van der Waals surface area (Å²) >= 11 is 11.7. The molecular weight excluding hydrogens is 291 g/mol. The molecule has 0 aliphatic rings. The van der Waals surface area contributed by atoms with E-state index >= 15 is 0 Å². The van der Waals surface area contributed by atoms with Gasteiger partial charge in [0.1, 0.15) is 5.75 Å². The molecule has 0 unspecified atom stereocenters. The number of carbonyl (C=O) groups excluding carboxylic acids is 1. The summed E-state index contributed by atoms with van der Waals surface area (Å²) in [6.45, 7) is 0. The van der Waals surface area contributed by atoms with E-state index in [1.807, 2.05) is 0 Å². The molecule has 0 bridgehead atoms. The molecule has 0 atom stereocenters. The molecule has 5 nitrogen and oxygen atoms in total. The number of carbonyl (C=O) groups is 1. The van der Waals surface area contributed by atoms with Crippen LogP contribution in [0.1, 0.15) is 10.4 Å². The molecule has 1 aromatic heterocycles. The number of aromatic nitrogens is 1. The number of aromatic amines is 1. The Hall–Kier alpha value is -1.98. The Kier molecular flexibility index (Phi) is 3.78. The van der Waals surface area contributed by atoms with Crippen LogP contribution in [0, 0.1) is 0 Å². The minimum Gasteiger partial charge on any atom is -0.507 e. The lowest BCUT2D eigenvalue weighted by molar-refractivity contribution is 0.102. The van der Waals surface area contributed by atoms with Crippen molar-refractivity contribution in [1.82, 2.24) is 4.98 Å². The number of aromatic hydroxyl groups is 1. The number of benzene rings is 1. The standard InChI is InChI=1S/C12H8Cl2N2O3/c13-7-2-1-3-8(11(7)14)16-12(19)6-5-15-10(18)4-9(6)17/h1-5H,(H,16,19)(H2,15,17,18). The van der Waals surface area contributed by atoms with E-state index in [1.54, 1.807) is 18.2 Å². The normalized spacial score (nSPS) is 10.2. The molecule has 0 aliphatic carbocycles. The summed E-state index contributed by atoms with van der Waals surface area (Å²) in [5.74, 6) is -1.03. The zero-order chi connectivity index (χ0) is 14.0. The van der Waals surface area contributed by atoms with E-state index in [0.29, 0.717) is 10.7 Å². The highest BCUT2D eigenvalue weighted by atomic mass is 35.5. The van der Waals surface area contributed by atoms with Gasteiger partial charge >= 0.3 is 0 Å². The third-order valence-electron chi connectivity index (χ3n) is 2.35. The molecule has 3 N–H and O–H groups in total. The van der Waals surface area contributed by atoms with Crippen LogP contribution in [0.4, 0.5) is 5.69 Å². The van der Waals surface area contributed by atoms with Crippen molar-refractivity contribution in [2.45, 2.75) is 0 Å². The first-order chi connectivity index (χ1) is 8.99. The first-order valence-electron chi connectivity index (χ1n) is 5.16. The first-order valence-corrected chi connectivity index (χ1v) is 5.91. The molecule has 7 heteroatoms. The lowest BCUT2D eigenvalue weighted by atomic mass is 10.2. The number of anilines is 1. The highest BCUT2D eigenvalue weighted by molar-refractivity contribution is 6.44. The van der Waals surface area contributed by atoms with Gasteiger partial charge in [0.2, 0.25) is 0 Å². The van der Waals surface area contributed by atoms with Crippen LogP contribution in [-0.4, -0.2) is 16.0 Å². The Bertz CT molecular complexity index is 698. The van der Waals surface area contributed by atoms with Crippen molar-refractivity contribution < 1.29 is 9.90 Å². The second-order valence-electron chi connectivity index (χ2n) is 3.65. The quantitative estimate of drug-likeness (QED) is 0.797. The van der Waals surface area contributed by atoms with Crippen molar-refractivity contribution in [3.8, 4) is 5.75 Å². The van der Waals surface area contributed by atoms with Crippen molar-refractivity contribution in [2.75, 3.05) is 5.32 Å². The Morgan fingerprint density at radius 2 is 2.05 bits per heavy atom. The molecule has 1 amide bonds. The third-order valence-corrected chi connectivity index (χ3v) is 3.17. The number of H-pyrrole nitrogens is 1. The number of halogens is 2. The SMILES string of the molecule is O=C(Nc1cccc(Cl)c1Cl)c1c[nH]c(=O)cc1O. The van der Waals surface area contributed by atoms with Gasteiger partial charge in [-0.1, -0.05) is 29.3 Å². The highest BCUT2D eigenvalue weighted by Crippen LogP contribution is 2.30. The minimum absolute atomic E-state index is 0.0735. The topological polar surface area (TPSA) is 82.2 Å². The molecule has 98 valence electrons. The van der Waals surface area contributed by atoms with Crippen molar-refractivity contribution in [1.29, 1.82) is 0 Å². The van der Waals surface area contributed by atoms with E-state index in [1.165, 1.54) is 0 Å². The summed E-state index contributed by atoms with van der Waals surface area (Å²) < 4.78 is 0. The number of hydrogen-bond donors (Lipinski definition) is 3. The molecule has 1 aromatic carbocycles. The monoisotopic (exact) mass is 298 g/mol. The average Bonchev–Trinajstić information content (AvgIpc) is 2.34. The molecular formula is C12H8Cl2N2O3. The average molecular weight is 299 g/mol. The van der Waals surface area contributed by atoms with Crippen LogP contribution >= 0.6 is 23.2 Å². The molecule has 0 radical (unpaired) electrons. The fourth-order valence-corrected chi connectivity index (χ4v) is 1.78. The predicted octanol–water partition coefficient (Wildman–Crippen LogP) is 2.64. The number of nitrogens with one attached hydrogen (secondary N) is 2. The molecule has 2 rings (SSSR count). The minimum atomic E-state index is -0.613. The highest BCUT2D eigenvalue weighted by Gasteiger charge is 2.14. The number of amides is 1. The van der Waals surface area contributed by atoms with Gasteiger partial charge in [0.25, 0.3) is 11.5 Å². The Morgan fingerprint density at radius 3 is 2.74 bits per heavy atom. The second-order valence-corrected chi connectivity index (χ2v) is 4.44. The molecule has 0 saturated heterocycles. The van der Waals surface area contributed by atoms with Gasteiger partial charge in [0.15, 0.2) is 0 Å². The molecule has 0 saturated carbocycles. The zero-order valence-electron chi connectivity index (χ0n) is 9.41. The van der Waals surface area contributed by atoms with E-state index < -0.39 is 17.2 Å². The van der Waals surface area contributed by atoms with Crippen LogP contribution in [0.15, 0.2) is 35.3 Å². The number of rotatable bonds is 2. The zero-order valence-corrected chi connectivity index (χ0v) is 10.9. The molecule has 19 heavy (non-hydrogen) atoms. The van der Waals surface area contributed by atoms with Gasteiger partial charge in [-0.15, -0.1) is 0 Å². The van der Waals surface area contributed by atoms with Crippen LogP contribution in [0.25, 0.3) is 0 Å². The first kappa shape index (κ1) is 13.5. The van der Waals surface area contributed by atoms with E-state index in [0.717, 1.165) is 12.3 Å². The maximum Gasteiger partial charge on any atom is 0.260 e. The van der Waals surface area contributed by atoms with Crippen LogP contribution in [-0.2, 0) is 0 Å². The Labute approximate surface area is 117 Å². The van der Waals surface area contributed by atoms with Gasteiger partial charge in [0, 0.05) is 12.3 Å². The largest absolute Gasteiger partial charge is 0.507 e. The summed E-state index contributed by atoms with van der Waals surface area (Å²) in [4.78, 5) is 25.1. The fraction of sp³-hybridized carbons (Fsp3) is 0. The molecule has 0 aliphatic heterocycles. The van der Waals surface area contributed by atoms with Crippen LogP contribution in [0.5, 0.6) is 5.75 Å². The lowest BCUT2D eigenvalue weighted by Crippen LogP contribution is -2.15. The second kappa shape index (κ2) is 5.34. The number of hydrogen-bond acceptors (Lipinski definition) is 3. The van der Waals surface area contributed by atoms with E-state index in [4.69, 9.17) is 23.2 Å². The van der Waals surface area contributed by atoms with Crippen LogP contribution in [0.2, 0.25) is 10.0 Å². The van der Waals surface area contributed by atoms with Gasteiger partial charge in [-0.05, 0) is 12.1 Å². The van der Waals surface area contributed by atoms with Crippen LogP contribution < -0.4 is 10.9 Å². The van der Waals surface area contributed by atoms with Gasteiger partial charge in [-0.25, -0.2) is 0 Å². The third kappa shape index (κ3) is 2.89. The Morgan fingerprint density at radius 1 is 1.32 bits per heavy atom. The number of pyridine rings is 1. The Balaban J connectivity index is 2.31. The van der Waals surface area contributed by atoms with Crippen molar-refractivity contribution >= 4 is 34.8 Å². The van der Waals surface area contributed by atoms with Crippen molar-refractivity contribution in [3.05, 3.63) is 56.4 Å². The smallest absolute Gasteiger partial charge is 0.260 e. The summed E-state index contributed by atoms with van der Waals surface area (Å²) in [5, 5.41) is 12.5. The van der Waals surface area contributed by atoms with Gasteiger partial charge in [-0.2, -0.15) is 0 Å². The lowest BCUT2D eigenvalue weighted by Gasteiger charge is -2.08. The van der Waals surface area contributed by atoms with Crippen molar-refractivity contribution in [2.24, 2.45) is 0 Å². The van der Waals surface area contributed by atoms with Gasteiger partial charge in [-0.3, -0.25) is 9.59 Å². The van der Waals surface area contributed by atoms with Crippen molar-refractivity contribution in [3.63, 3.8) is 0 Å². The molecule has 1 heterocycles. The van der Waals surface area contributed by atoms with E-state index in [-0.39, 0.29) is 10.6 Å². The van der Waals surface area contributed by atoms with Crippen LogP contribution in [0.3, 0.4) is 0 Å². The molecule has 0 spiro atoms.